The summed E-state index contributed by atoms with van der Waals surface area (Å²) in [7, 11) is -1.87. The maximum atomic E-state index is 12.8. The van der Waals surface area contributed by atoms with Crippen molar-refractivity contribution in [3.63, 3.8) is 0 Å². The van der Waals surface area contributed by atoms with Crippen molar-refractivity contribution in [3.8, 4) is 0 Å². The Morgan fingerprint density at radius 3 is 2.27 bits per heavy atom. The van der Waals surface area contributed by atoms with Crippen molar-refractivity contribution >= 4 is 44.1 Å². The third kappa shape index (κ3) is 4.10. The van der Waals surface area contributed by atoms with E-state index in [1.807, 2.05) is 0 Å². The third-order valence-electron chi connectivity index (χ3n) is 5.28. The summed E-state index contributed by atoms with van der Waals surface area (Å²) in [6.07, 6.45) is 0. The molecule has 2 heterocycles. The Labute approximate surface area is 184 Å². The van der Waals surface area contributed by atoms with Gasteiger partial charge in [0.25, 0.3) is 5.56 Å². The van der Waals surface area contributed by atoms with Crippen LogP contribution in [0.25, 0.3) is 10.9 Å². The number of halogens is 2. The van der Waals surface area contributed by atoms with Gasteiger partial charge in [0.1, 0.15) is 5.82 Å². The lowest BCUT2D eigenvalue weighted by Gasteiger charge is -2.34. The first-order valence-corrected chi connectivity index (χ1v) is 11.6. The molecule has 0 N–H and O–H groups in total. The van der Waals surface area contributed by atoms with Gasteiger partial charge in [-0.2, -0.15) is 4.31 Å². The minimum absolute atomic E-state index is 0.151. The summed E-state index contributed by atoms with van der Waals surface area (Å²) >= 11 is 11.9. The molecule has 1 aliphatic heterocycles. The molecule has 0 spiro atoms. The maximum Gasteiger partial charge on any atom is 0.261 e. The molecule has 0 radical (unpaired) electrons. The van der Waals surface area contributed by atoms with E-state index in [-0.39, 0.29) is 10.5 Å². The van der Waals surface area contributed by atoms with Crippen LogP contribution in [0.2, 0.25) is 10.0 Å². The van der Waals surface area contributed by atoms with Crippen LogP contribution in [0.1, 0.15) is 5.82 Å². The summed E-state index contributed by atoms with van der Waals surface area (Å²) in [4.78, 5) is 19.6. The summed E-state index contributed by atoms with van der Waals surface area (Å²) in [6.45, 7) is 2.27. The van der Waals surface area contributed by atoms with E-state index in [2.05, 4.69) is 9.88 Å². The van der Waals surface area contributed by atoms with E-state index >= 15 is 0 Å². The predicted octanol–water partition coefficient (Wildman–Crippen LogP) is 2.75. The molecule has 158 valence electrons. The SMILES string of the molecule is Cn1c(CN2CCN(S(=O)(=O)c3ccc(Cl)cc3)CC2)nc2ccc(Cl)cc2c1=O. The van der Waals surface area contributed by atoms with Crippen LogP contribution in [0.3, 0.4) is 0 Å². The molecule has 1 aliphatic rings. The maximum absolute atomic E-state index is 12.8. The van der Waals surface area contributed by atoms with Crippen molar-refractivity contribution in [2.24, 2.45) is 7.05 Å². The van der Waals surface area contributed by atoms with Gasteiger partial charge < -0.3 is 0 Å². The highest BCUT2D eigenvalue weighted by Gasteiger charge is 2.29. The van der Waals surface area contributed by atoms with Crippen molar-refractivity contribution in [3.05, 3.63) is 68.7 Å². The van der Waals surface area contributed by atoms with Crippen molar-refractivity contribution in [2.45, 2.75) is 11.4 Å². The second-order valence-corrected chi connectivity index (χ2v) is 10.00. The lowest BCUT2D eigenvalue weighted by molar-refractivity contribution is 0.176. The Morgan fingerprint density at radius 2 is 1.60 bits per heavy atom. The second-order valence-electron chi connectivity index (χ2n) is 7.19. The summed E-state index contributed by atoms with van der Waals surface area (Å²) in [6, 6.07) is 11.2. The fraction of sp³-hybridized carbons (Fsp3) is 0.300. The van der Waals surface area contributed by atoms with E-state index in [1.54, 1.807) is 37.4 Å². The van der Waals surface area contributed by atoms with Gasteiger partial charge in [-0.15, -0.1) is 0 Å². The van der Waals surface area contributed by atoms with Gasteiger partial charge in [-0.25, -0.2) is 13.4 Å². The van der Waals surface area contributed by atoms with E-state index in [9.17, 15) is 13.2 Å². The van der Waals surface area contributed by atoms with E-state index < -0.39 is 10.0 Å². The average Bonchev–Trinajstić information content (AvgIpc) is 2.73. The van der Waals surface area contributed by atoms with E-state index in [1.165, 1.54) is 21.0 Å². The topological polar surface area (TPSA) is 75.5 Å². The van der Waals surface area contributed by atoms with Crippen LogP contribution in [0.15, 0.2) is 52.2 Å². The molecule has 0 unspecified atom stereocenters. The smallest absolute Gasteiger partial charge is 0.261 e. The molecule has 1 saturated heterocycles. The Bertz CT molecular complexity index is 1250. The van der Waals surface area contributed by atoms with Gasteiger partial charge in [0.15, 0.2) is 0 Å². The minimum Gasteiger partial charge on any atom is -0.298 e. The number of sulfonamides is 1. The third-order valence-corrected chi connectivity index (χ3v) is 7.68. The minimum atomic E-state index is -3.56. The van der Waals surface area contributed by atoms with E-state index in [4.69, 9.17) is 23.2 Å². The average molecular weight is 467 g/mol. The van der Waals surface area contributed by atoms with Crippen molar-refractivity contribution in [2.75, 3.05) is 26.2 Å². The van der Waals surface area contributed by atoms with Crippen LogP contribution in [0.4, 0.5) is 0 Å². The summed E-state index contributed by atoms with van der Waals surface area (Å²) in [5, 5.41) is 1.47. The van der Waals surface area contributed by atoms with Gasteiger partial charge in [-0.05, 0) is 42.5 Å². The Morgan fingerprint density at radius 1 is 0.967 bits per heavy atom. The zero-order valence-corrected chi connectivity index (χ0v) is 18.6. The largest absolute Gasteiger partial charge is 0.298 e. The van der Waals surface area contributed by atoms with E-state index in [0.717, 1.165) is 0 Å². The van der Waals surface area contributed by atoms with Crippen LogP contribution in [-0.4, -0.2) is 53.4 Å². The van der Waals surface area contributed by atoms with Gasteiger partial charge >= 0.3 is 0 Å². The molecule has 0 amide bonds. The molecule has 2 aromatic carbocycles. The highest BCUT2D eigenvalue weighted by Crippen LogP contribution is 2.21. The number of rotatable bonds is 4. The number of piperazine rings is 1. The highest BCUT2D eigenvalue weighted by molar-refractivity contribution is 7.89. The molecule has 0 saturated carbocycles. The quantitative estimate of drug-likeness (QED) is 0.590. The van der Waals surface area contributed by atoms with Crippen LogP contribution in [-0.2, 0) is 23.6 Å². The normalized spacial score (nSPS) is 16.2. The number of benzene rings is 2. The lowest BCUT2D eigenvalue weighted by atomic mass is 10.2. The predicted molar refractivity (Wildman–Crippen MR) is 117 cm³/mol. The van der Waals surface area contributed by atoms with Gasteiger partial charge in [-0.3, -0.25) is 14.3 Å². The molecular weight excluding hydrogens is 447 g/mol. The highest BCUT2D eigenvalue weighted by atomic mass is 35.5. The molecule has 4 rings (SSSR count). The molecule has 3 aromatic rings. The summed E-state index contributed by atoms with van der Waals surface area (Å²) in [5.41, 5.74) is 0.447. The Kier molecular flexibility index (Phi) is 5.87. The summed E-state index contributed by atoms with van der Waals surface area (Å²) in [5.74, 6) is 0.629. The van der Waals surface area contributed by atoms with Crippen LogP contribution >= 0.6 is 23.2 Å². The molecule has 0 aliphatic carbocycles. The summed E-state index contributed by atoms with van der Waals surface area (Å²) < 4.78 is 28.7. The molecule has 7 nitrogen and oxygen atoms in total. The van der Waals surface area contributed by atoms with E-state index in [0.29, 0.717) is 59.5 Å². The van der Waals surface area contributed by atoms with Gasteiger partial charge in [0, 0.05) is 43.3 Å². The second kappa shape index (κ2) is 8.28. The Hall–Kier alpha value is -1.97. The first kappa shape index (κ1) is 21.3. The molecule has 30 heavy (non-hydrogen) atoms. The standard InChI is InChI=1S/C20H20Cl2N4O3S/c1-24-19(23-18-7-4-15(22)12-17(18)20(24)27)13-25-8-10-26(11-9-25)30(28,29)16-5-2-14(21)3-6-16/h2-7,12H,8-11,13H2,1H3. The van der Waals surface area contributed by atoms with Crippen LogP contribution < -0.4 is 5.56 Å². The fourth-order valence-electron chi connectivity index (χ4n) is 3.51. The number of hydrogen-bond donors (Lipinski definition) is 0. The number of hydrogen-bond acceptors (Lipinski definition) is 5. The molecule has 1 aromatic heterocycles. The van der Waals surface area contributed by atoms with Crippen molar-refractivity contribution in [1.29, 1.82) is 0 Å². The van der Waals surface area contributed by atoms with Crippen LogP contribution in [0, 0.1) is 0 Å². The Balaban J connectivity index is 1.49. The van der Waals surface area contributed by atoms with Crippen LogP contribution in [0.5, 0.6) is 0 Å². The molecule has 10 heteroatoms. The lowest BCUT2D eigenvalue weighted by Crippen LogP contribution is -2.48. The number of nitrogens with zero attached hydrogens (tertiary/aromatic N) is 4. The zero-order chi connectivity index (χ0) is 21.5. The first-order valence-electron chi connectivity index (χ1n) is 9.39. The zero-order valence-electron chi connectivity index (χ0n) is 16.3. The number of aromatic nitrogens is 2. The monoisotopic (exact) mass is 466 g/mol. The fourth-order valence-corrected chi connectivity index (χ4v) is 5.23. The van der Waals surface area contributed by atoms with Gasteiger partial charge in [0.2, 0.25) is 10.0 Å². The van der Waals surface area contributed by atoms with Crippen molar-refractivity contribution in [1.82, 2.24) is 18.8 Å². The first-order chi connectivity index (χ1) is 14.3. The van der Waals surface area contributed by atoms with Gasteiger partial charge in [0.05, 0.1) is 22.3 Å². The molecule has 0 atom stereocenters. The number of fused-ring (bicyclic) bond motifs is 1. The molecule has 0 bridgehead atoms. The molecule has 1 fully saturated rings. The molecular formula is C20H20Cl2N4O3S. The van der Waals surface area contributed by atoms with Gasteiger partial charge in [-0.1, -0.05) is 23.2 Å². The van der Waals surface area contributed by atoms with Crippen molar-refractivity contribution < 1.29 is 8.42 Å².